The number of nitrogens with zero attached hydrogens (tertiary/aromatic N) is 1. The molecule has 0 spiro atoms. The van der Waals surface area contributed by atoms with Crippen LogP contribution in [0, 0.1) is 3.57 Å². The summed E-state index contributed by atoms with van der Waals surface area (Å²) in [5.41, 5.74) is -0.334. The fraction of sp³-hybridized carbons (Fsp3) is 0.387. The first kappa shape index (κ1) is 31.7. The highest BCUT2D eigenvalue weighted by Gasteiger charge is 2.41. The van der Waals surface area contributed by atoms with Crippen molar-refractivity contribution >= 4 is 45.4 Å². The van der Waals surface area contributed by atoms with Crippen LogP contribution in [0.25, 0.3) is 11.0 Å². The van der Waals surface area contributed by atoms with Gasteiger partial charge in [0.15, 0.2) is 0 Å². The molecule has 0 bridgehead atoms. The van der Waals surface area contributed by atoms with Gasteiger partial charge in [0.25, 0.3) is 5.91 Å². The Kier molecular flexibility index (Phi) is 11.1. The number of hydrogen-bond acceptors (Lipinski definition) is 8. The molecule has 0 radical (unpaired) electrons. The summed E-state index contributed by atoms with van der Waals surface area (Å²) >= 11 is 2.12. The molecule has 4 rings (SSSR count). The van der Waals surface area contributed by atoms with Gasteiger partial charge in [-0.2, -0.15) is 0 Å². The Morgan fingerprint density at radius 1 is 1.17 bits per heavy atom. The molecular weight excluding hydrogens is 655 g/mol. The lowest BCUT2D eigenvalue weighted by Gasteiger charge is -2.40. The predicted octanol–water partition coefficient (Wildman–Crippen LogP) is 3.27. The first-order valence-electron chi connectivity index (χ1n) is 13.8. The van der Waals surface area contributed by atoms with Gasteiger partial charge < -0.3 is 34.3 Å². The second-order valence-electron chi connectivity index (χ2n) is 10.2. The number of halogens is 1. The maximum atomic E-state index is 14.1. The maximum absolute atomic E-state index is 14.1. The molecule has 224 valence electrons. The second-order valence-corrected chi connectivity index (χ2v) is 11.4. The average molecular weight is 691 g/mol. The number of fused-ring (bicyclic) bond motifs is 1. The van der Waals surface area contributed by atoms with E-state index in [1.54, 1.807) is 42.5 Å². The summed E-state index contributed by atoms with van der Waals surface area (Å²) in [4.78, 5) is 41.5. The van der Waals surface area contributed by atoms with Crippen LogP contribution < -0.4 is 15.7 Å². The molecule has 3 unspecified atom stereocenters. The summed E-state index contributed by atoms with van der Waals surface area (Å²) in [5, 5.41) is 24.1. The minimum atomic E-state index is -1.24. The van der Waals surface area contributed by atoms with Crippen molar-refractivity contribution in [3.63, 3.8) is 0 Å². The summed E-state index contributed by atoms with van der Waals surface area (Å²) in [5.74, 6) is -0.571. The molecule has 1 aliphatic carbocycles. The predicted molar refractivity (Wildman–Crippen MR) is 165 cm³/mol. The van der Waals surface area contributed by atoms with E-state index in [4.69, 9.17) is 13.9 Å². The van der Waals surface area contributed by atoms with Crippen LogP contribution in [0.5, 0.6) is 5.75 Å². The fourth-order valence-corrected chi connectivity index (χ4v) is 5.32. The third kappa shape index (κ3) is 7.77. The summed E-state index contributed by atoms with van der Waals surface area (Å²) in [6.45, 7) is 4.09. The first-order chi connectivity index (χ1) is 20.2. The van der Waals surface area contributed by atoms with Crippen LogP contribution in [0.4, 0.5) is 0 Å². The van der Waals surface area contributed by atoms with Gasteiger partial charge in [-0.05, 0) is 73.2 Å². The number of nitrogens with one attached hydrogen (secondary N) is 1. The van der Waals surface area contributed by atoms with E-state index in [2.05, 4.69) is 27.9 Å². The third-order valence-electron chi connectivity index (χ3n) is 6.84. The lowest BCUT2D eigenvalue weighted by atomic mass is 9.87. The summed E-state index contributed by atoms with van der Waals surface area (Å²) in [7, 11) is 0. The highest BCUT2D eigenvalue weighted by molar-refractivity contribution is 14.1. The van der Waals surface area contributed by atoms with E-state index >= 15 is 0 Å². The van der Waals surface area contributed by atoms with E-state index in [1.165, 1.54) is 11.0 Å². The number of amides is 2. The zero-order valence-corrected chi connectivity index (χ0v) is 25.7. The molecule has 3 aromatic rings. The molecule has 3 N–H and O–H groups in total. The van der Waals surface area contributed by atoms with Crippen molar-refractivity contribution in [2.45, 2.75) is 51.0 Å². The Bertz CT molecular complexity index is 1490. The quantitative estimate of drug-likeness (QED) is 0.150. The SMILES string of the molecule is CC(C)OCCCN(C(=O)c1cc2ccccc2oc1=O)C1CC(C(=O)NCCO)=CC(Oc2ccccc2I)C1O. The number of hydrogen-bond donors (Lipinski definition) is 3. The number of rotatable bonds is 12. The van der Waals surface area contributed by atoms with Crippen LogP contribution in [0.1, 0.15) is 37.0 Å². The topological polar surface area (TPSA) is 139 Å². The van der Waals surface area contributed by atoms with E-state index in [9.17, 15) is 24.6 Å². The summed E-state index contributed by atoms with van der Waals surface area (Å²) < 4.78 is 18.1. The monoisotopic (exact) mass is 690 g/mol. The van der Waals surface area contributed by atoms with Gasteiger partial charge in [-0.1, -0.05) is 30.3 Å². The Hall–Kier alpha value is -3.26. The Labute approximate surface area is 257 Å². The van der Waals surface area contributed by atoms with Crippen LogP contribution in [0.3, 0.4) is 0 Å². The van der Waals surface area contributed by atoms with Crippen LogP contribution >= 0.6 is 22.6 Å². The zero-order chi connectivity index (χ0) is 30.2. The van der Waals surface area contributed by atoms with Crippen molar-refractivity contribution in [1.82, 2.24) is 10.2 Å². The van der Waals surface area contributed by atoms with Crippen molar-refractivity contribution < 1.29 is 33.7 Å². The van der Waals surface area contributed by atoms with Gasteiger partial charge in [0.2, 0.25) is 5.91 Å². The molecule has 0 saturated carbocycles. The Morgan fingerprint density at radius 3 is 2.64 bits per heavy atom. The molecular formula is C31H35IN2O8. The normalized spacial score (nSPS) is 18.5. The number of aliphatic hydroxyl groups is 2. The molecule has 0 aliphatic heterocycles. The van der Waals surface area contributed by atoms with Gasteiger partial charge in [0, 0.05) is 37.1 Å². The number of para-hydroxylation sites is 2. The van der Waals surface area contributed by atoms with Gasteiger partial charge in [-0.3, -0.25) is 9.59 Å². The number of aliphatic hydroxyl groups excluding tert-OH is 2. The molecule has 1 aliphatic rings. The molecule has 1 heterocycles. The van der Waals surface area contributed by atoms with Crippen molar-refractivity contribution in [2.24, 2.45) is 0 Å². The van der Waals surface area contributed by atoms with Crippen molar-refractivity contribution in [3.05, 3.63) is 85.8 Å². The minimum absolute atomic E-state index is 0.000136. The maximum Gasteiger partial charge on any atom is 0.349 e. The Morgan fingerprint density at radius 2 is 1.90 bits per heavy atom. The first-order valence-corrected chi connectivity index (χ1v) is 14.9. The highest BCUT2D eigenvalue weighted by Crippen LogP contribution is 2.30. The van der Waals surface area contributed by atoms with E-state index in [1.807, 2.05) is 26.0 Å². The molecule has 11 heteroatoms. The third-order valence-corrected chi connectivity index (χ3v) is 7.73. The molecule has 2 amide bonds. The van der Waals surface area contributed by atoms with Gasteiger partial charge >= 0.3 is 5.63 Å². The van der Waals surface area contributed by atoms with Gasteiger partial charge in [-0.15, -0.1) is 0 Å². The van der Waals surface area contributed by atoms with E-state index in [0.29, 0.717) is 29.7 Å². The second kappa shape index (κ2) is 14.8. The number of ether oxygens (including phenoxy) is 2. The number of benzene rings is 2. The Balaban J connectivity index is 1.72. The molecule has 2 aromatic carbocycles. The summed E-state index contributed by atoms with van der Waals surface area (Å²) in [6.07, 6.45) is -0.268. The molecule has 10 nitrogen and oxygen atoms in total. The van der Waals surface area contributed by atoms with E-state index < -0.39 is 35.7 Å². The van der Waals surface area contributed by atoms with Gasteiger partial charge in [-0.25, -0.2) is 4.79 Å². The molecule has 1 aromatic heterocycles. The lowest BCUT2D eigenvalue weighted by Crippen LogP contribution is -2.56. The average Bonchev–Trinajstić information content (AvgIpc) is 2.97. The molecule has 0 saturated heterocycles. The van der Waals surface area contributed by atoms with Gasteiger partial charge in [0.05, 0.1) is 22.3 Å². The summed E-state index contributed by atoms with van der Waals surface area (Å²) in [6, 6.07) is 14.7. The zero-order valence-electron chi connectivity index (χ0n) is 23.5. The highest BCUT2D eigenvalue weighted by atomic mass is 127. The lowest BCUT2D eigenvalue weighted by molar-refractivity contribution is -0.118. The molecule has 3 atom stereocenters. The largest absolute Gasteiger partial charge is 0.482 e. The number of carbonyl (C=O) groups is 2. The fourth-order valence-electron chi connectivity index (χ4n) is 4.80. The van der Waals surface area contributed by atoms with Gasteiger partial charge in [0.1, 0.15) is 29.1 Å². The number of carbonyl (C=O) groups excluding carboxylic acids is 2. The smallest absolute Gasteiger partial charge is 0.349 e. The van der Waals surface area contributed by atoms with E-state index in [-0.39, 0.29) is 43.4 Å². The van der Waals surface area contributed by atoms with E-state index in [0.717, 1.165) is 3.57 Å². The minimum Gasteiger partial charge on any atom is -0.482 e. The van der Waals surface area contributed by atoms with Crippen LogP contribution in [0.15, 0.2) is 75.5 Å². The van der Waals surface area contributed by atoms with Crippen molar-refractivity contribution in [3.8, 4) is 5.75 Å². The van der Waals surface area contributed by atoms with Crippen molar-refractivity contribution in [2.75, 3.05) is 26.3 Å². The van der Waals surface area contributed by atoms with Crippen LogP contribution in [-0.4, -0.2) is 77.6 Å². The molecule has 42 heavy (non-hydrogen) atoms. The van der Waals surface area contributed by atoms with Crippen LogP contribution in [0.2, 0.25) is 0 Å². The molecule has 0 fully saturated rings. The standard InChI is InChI=1S/C31H35IN2O8/c1-19(2)40-15-7-13-34(30(38)22-16-20-8-3-5-10-25(20)42-31(22)39)24-17-21(29(37)33-12-14-35)18-27(28(24)36)41-26-11-6-4-9-23(26)32/h3-6,8-11,16,18-19,24,27-28,35-36H,7,12-15,17H2,1-2H3,(H,33,37). The van der Waals surface area contributed by atoms with Crippen LogP contribution in [-0.2, 0) is 9.53 Å². The van der Waals surface area contributed by atoms with Crippen molar-refractivity contribution in [1.29, 1.82) is 0 Å².